The van der Waals surface area contributed by atoms with Crippen molar-refractivity contribution in [2.24, 2.45) is 5.92 Å². The van der Waals surface area contributed by atoms with Gasteiger partial charge in [0, 0.05) is 38.4 Å². The van der Waals surface area contributed by atoms with Gasteiger partial charge in [-0.3, -0.25) is 4.79 Å². The first-order valence-electron chi connectivity index (χ1n) is 11.8. The van der Waals surface area contributed by atoms with E-state index in [0.29, 0.717) is 31.8 Å². The summed E-state index contributed by atoms with van der Waals surface area (Å²) in [7, 11) is 0. The molecule has 0 aliphatic carbocycles. The standard InChI is InChI=1S/C24H36N4O5/c1-5-32-22(30)17-10-11-20(25-14-17)27-12-7-9-19(16-27)26-21(29)18-8-6-13-28(15-18)23(31)33-24(2,3)4/h10-11,14,18-19H,5-9,12-13,15-16H2,1-4H3,(H,26,29)/t18-,19+/m0/s1. The first kappa shape index (κ1) is 24.8. The van der Waals surface area contributed by atoms with E-state index in [1.54, 1.807) is 17.9 Å². The van der Waals surface area contributed by atoms with E-state index in [1.165, 1.54) is 6.20 Å². The van der Waals surface area contributed by atoms with E-state index in [9.17, 15) is 14.4 Å². The maximum atomic E-state index is 13.0. The number of nitrogens with zero attached hydrogens (tertiary/aromatic N) is 3. The number of aromatic nitrogens is 1. The van der Waals surface area contributed by atoms with Crippen molar-refractivity contribution in [2.75, 3.05) is 37.7 Å². The lowest BCUT2D eigenvalue weighted by Gasteiger charge is -2.36. The molecule has 0 saturated carbocycles. The average Bonchev–Trinajstić information content (AvgIpc) is 2.78. The number of carbonyl (C=O) groups excluding carboxylic acids is 3. The number of ether oxygens (including phenoxy) is 2. The summed E-state index contributed by atoms with van der Waals surface area (Å²) in [5.74, 6) is 0.147. The molecule has 2 aliphatic heterocycles. The van der Waals surface area contributed by atoms with Gasteiger partial charge in [-0.2, -0.15) is 0 Å². The molecule has 0 bridgehead atoms. The molecular weight excluding hydrogens is 424 g/mol. The number of esters is 1. The average molecular weight is 461 g/mol. The SMILES string of the molecule is CCOC(=O)c1ccc(N2CCC[C@@H](NC(=O)[C@H]3CCCN(C(=O)OC(C)(C)C)C3)C2)nc1. The fourth-order valence-corrected chi connectivity index (χ4v) is 4.21. The number of pyridine rings is 1. The molecule has 0 unspecified atom stereocenters. The maximum Gasteiger partial charge on any atom is 0.410 e. The van der Waals surface area contributed by atoms with Gasteiger partial charge < -0.3 is 24.6 Å². The first-order chi connectivity index (χ1) is 15.7. The van der Waals surface area contributed by atoms with Crippen LogP contribution in [0.5, 0.6) is 0 Å². The zero-order valence-corrected chi connectivity index (χ0v) is 20.1. The lowest BCUT2D eigenvalue weighted by atomic mass is 9.96. The Morgan fingerprint density at radius 3 is 2.55 bits per heavy atom. The normalized spacial score (nSPS) is 21.3. The second kappa shape index (κ2) is 10.9. The molecule has 9 nitrogen and oxygen atoms in total. The maximum absolute atomic E-state index is 13.0. The van der Waals surface area contributed by atoms with Crippen molar-refractivity contribution in [1.29, 1.82) is 0 Å². The predicted octanol–water partition coefficient (Wildman–Crippen LogP) is 2.99. The van der Waals surface area contributed by atoms with E-state index in [2.05, 4.69) is 15.2 Å². The second-order valence-electron chi connectivity index (χ2n) is 9.68. The zero-order chi connectivity index (χ0) is 24.0. The minimum atomic E-state index is -0.555. The van der Waals surface area contributed by atoms with Crippen molar-refractivity contribution >= 4 is 23.8 Å². The third-order valence-corrected chi connectivity index (χ3v) is 5.79. The molecule has 0 radical (unpaired) electrons. The molecule has 2 saturated heterocycles. The molecule has 3 rings (SSSR count). The minimum Gasteiger partial charge on any atom is -0.462 e. The van der Waals surface area contributed by atoms with Gasteiger partial charge in [-0.15, -0.1) is 0 Å². The smallest absolute Gasteiger partial charge is 0.410 e. The molecule has 0 aromatic carbocycles. The van der Waals surface area contributed by atoms with Crippen molar-refractivity contribution < 1.29 is 23.9 Å². The van der Waals surface area contributed by atoms with Crippen LogP contribution in [0.3, 0.4) is 0 Å². The third kappa shape index (κ3) is 7.07. The lowest BCUT2D eigenvalue weighted by molar-refractivity contribution is -0.127. The van der Waals surface area contributed by atoms with E-state index >= 15 is 0 Å². The van der Waals surface area contributed by atoms with Gasteiger partial charge in [-0.1, -0.05) is 0 Å². The Morgan fingerprint density at radius 1 is 1.12 bits per heavy atom. The Kier molecular flexibility index (Phi) is 8.15. The molecule has 2 fully saturated rings. The molecule has 1 N–H and O–H groups in total. The number of carbonyl (C=O) groups is 3. The van der Waals surface area contributed by atoms with Crippen LogP contribution in [0.25, 0.3) is 0 Å². The van der Waals surface area contributed by atoms with Crippen molar-refractivity contribution in [2.45, 2.75) is 65.0 Å². The Balaban J connectivity index is 1.54. The van der Waals surface area contributed by atoms with E-state index in [1.807, 2.05) is 26.8 Å². The highest BCUT2D eigenvalue weighted by Crippen LogP contribution is 2.22. The fraction of sp³-hybridized carbons (Fsp3) is 0.667. The van der Waals surface area contributed by atoms with Gasteiger partial charge in [-0.05, 0) is 65.5 Å². The highest BCUT2D eigenvalue weighted by molar-refractivity contribution is 5.89. The molecule has 1 aromatic heterocycles. The largest absolute Gasteiger partial charge is 0.462 e. The van der Waals surface area contributed by atoms with Crippen LogP contribution in [0, 0.1) is 5.92 Å². The van der Waals surface area contributed by atoms with Gasteiger partial charge in [-0.25, -0.2) is 14.6 Å². The highest BCUT2D eigenvalue weighted by Gasteiger charge is 2.32. The van der Waals surface area contributed by atoms with Crippen LogP contribution in [0.2, 0.25) is 0 Å². The van der Waals surface area contributed by atoms with Crippen LogP contribution in [0.4, 0.5) is 10.6 Å². The van der Waals surface area contributed by atoms with Gasteiger partial charge in [0.2, 0.25) is 5.91 Å². The van der Waals surface area contributed by atoms with Crippen molar-refractivity contribution in [1.82, 2.24) is 15.2 Å². The number of amides is 2. The van der Waals surface area contributed by atoms with Gasteiger partial charge >= 0.3 is 12.1 Å². The first-order valence-corrected chi connectivity index (χ1v) is 11.8. The number of piperidine rings is 2. The van der Waals surface area contributed by atoms with E-state index in [4.69, 9.17) is 9.47 Å². The van der Waals surface area contributed by atoms with Crippen molar-refractivity contribution in [3.05, 3.63) is 23.9 Å². The summed E-state index contributed by atoms with van der Waals surface area (Å²) in [6.07, 6.45) is 4.54. The van der Waals surface area contributed by atoms with Gasteiger partial charge in [0.1, 0.15) is 11.4 Å². The fourth-order valence-electron chi connectivity index (χ4n) is 4.21. The minimum absolute atomic E-state index is 0.00897. The quantitative estimate of drug-likeness (QED) is 0.674. The number of hydrogen-bond acceptors (Lipinski definition) is 7. The topological polar surface area (TPSA) is 101 Å². The number of likely N-dealkylation sites (tertiary alicyclic amines) is 1. The molecule has 3 heterocycles. The summed E-state index contributed by atoms with van der Waals surface area (Å²) in [5, 5.41) is 3.18. The predicted molar refractivity (Wildman–Crippen MR) is 124 cm³/mol. The van der Waals surface area contributed by atoms with Crippen LogP contribution in [0.1, 0.15) is 63.7 Å². The van der Waals surface area contributed by atoms with Gasteiger partial charge in [0.25, 0.3) is 0 Å². The highest BCUT2D eigenvalue weighted by atomic mass is 16.6. The summed E-state index contributed by atoms with van der Waals surface area (Å²) in [6.45, 7) is 10.1. The number of rotatable bonds is 5. The number of anilines is 1. The van der Waals surface area contributed by atoms with E-state index < -0.39 is 5.60 Å². The summed E-state index contributed by atoms with van der Waals surface area (Å²) in [4.78, 5) is 45.4. The van der Waals surface area contributed by atoms with Gasteiger partial charge in [0.15, 0.2) is 0 Å². The van der Waals surface area contributed by atoms with E-state index in [-0.39, 0.29) is 29.9 Å². The van der Waals surface area contributed by atoms with Crippen LogP contribution < -0.4 is 10.2 Å². The molecule has 1 aromatic rings. The zero-order valence-electron chi connectivity index (χ0n) is 20.1. The Labute approximate surface area is 195 Å². The Bertz CT molecular complexity index is 836. The summed E-state index contributed by atoms with van der Waals surface area (Å²) >= 11 is 0. The lowest BCUT2D eigenvalue weighted by Crippen LogP contribution is -2.52. The summed E-state index contributed by atoms with van der Waals surface area (Å²) < 4.78 is 10.5. The van der Waals surface area contributed by atoms with E-state index in [0.717, 1.165) is 38.0 Å². The molecular formula is C24H36N4O5. The molecule has 2 aliphatic rings. The van der Waals surface area contributed by atoms with Gasteiger partial charge in [0.05, 0.1) is 18.1 Å². The molecule has 9 heteroatoms. The van der Waals surface area contributed by atoms with Crippen LogP contribution in [-0.2, 0) is 14.3 Å². The molecule has 2 atom stereocenters. The summed E-state index contributed by atoms with van der Waals surface area (Å²) in [6, 6.07) is 3.54. The summed E-state index contributed by atoms with van der Waals surface area (Å²) in [5.41, 5.74) is -0.130. The monoisotopic (exact) mass is 460 g/mol. The Hall–Kier alpha value is -2.84. The number of hydrogen-bond donors (Lipinski definition) is 1. The van der Waals surface area contributed by atoms with Crippen molar-refractivity contribution in [3.63, 3.8) is 0 Å². The van der Waals surface area contributed by atoms with Crippen LogP contribution in [0.15, 0.2) is 18.3 Å². The Morgan fingerprint density at radius 2 is 1.88 bits per heavy atom. The molecule has 0 spiro atoms. The second-order valence-corrected chi connectivity index (χ2v) is 9.68. The van der Waals surface area contributed by atoms with Crippen LogP contribution >= 0.6 is 0 Å². The molecule has 33 heavy (non-hydrogen) atoms. The molecule has 182 valence electrons. The molecule has 2 amide bonds. The van der Waals surface area contributed by atoms with Crippen molar-refractivity contribution in [3.8, 4) is 0 Å². The third-order valence-electron chi connectivity index (χ3n) is 5.79. The number of nitrogens with one attached hydrogen (secondary N) is 1. The van der Waals surface area contributed by atoms with Crippen LogP contribution in [-0.4, -0.2) is 72.3 Å².